The van der Waals surface area contributed by atoms with Gasteiger partial charge in [0.1, 0.15) is 0 Å². The zero-order valence-electron chi connectivity index (χ0n) is 11.4. The summed E-state index contributed by atoms with van der Waals surface area (Å²) in [6, 6.07) is 0.417. The standard InChI is InChI=1S/C13H27NO2S/c1-11(2)14-13(3,10-15)6-9-17-12-4-7-16-8-5-12/h11-12,14-15H,4-10H2,1-3H3. The number of ether oxygens (including phenoxy) is 1. The summed E-state index contributed by atoms with van der Waals surface area (Å²) in [7, 11) is 0. The van der Waals surface area contributed by atoms with E-state index in [4.69, 9.17) is 4.74 Å². The molecule has 2 N–H and O–H groups in total. The summed E-state index contributed by atoms with van der Waals surface area (Å²) in [6.07, 6.45) is 3.37. The molecular formula is C13H27NO2S. The van der Waals surface area contributed by atoms with E-state index in [1.807, 2.05) is 11.8 Å². The molecular weight excluding hydrogens is 234 g/mol. The Labute approximate surface area is 110 Å². The van der Waals surface area contributed by atoms with E-state index >= 15 is 0 Å². The van der Waals surface area contributed by atoms with Crippen LogP contribution in [-0.2, 0) is 4.74 Å². The average molecular weight is 261 g/mol. The highest BCUT2D eigenvalue weighted by Crippen LogP contribution is 2.24. The lowest BCUT2D eigenvalue weighted by Crippen LogP contribution is -2.49. The third kappa shape index (κ3) is 6.09. The lowest BCUT2D eigenvalue weighted by molar-refractivity contribution is 0.0999. The highest BCUT2D eigenvalue weighted by Gasteiger charge is 2.24. The highest BCUT2D eigenvalue weighted by molar-refractivity contribution is 7.99. The summed E-state index contributed by atoms with van der Waals surface area (Å²) >= 11 is 2.04. The van der Waals surface area contributed by atoms with Crippen molar-refractivity contribution < 1.29 is 9.84 Å². The molecule has 3 nitrogen and oxygen atoms in total. The SMILES string of the molecule is CC(C)NC(C)(CO)CCSC1CCOCC1. The van der Waals surface area contributed by atoms with Gasteiger partial charge in [0.25, 0.3) is 0 Å². The number of thioether (sulfide) groups is 1. The summed E-state index contributed by atoms with van der Waals surface area (Å²) in [5, 5.41) is 13.7. The molecule has 1 saturated heterocycles. The van der Waals surface area contributed by atoms with Crippen LogP contribution >= 0.6 is 11.8 Å². The van der Waals surface area contributed by atoms with Crippen LogP contribution in [0.2, 0.25) is 0 Å². The minimum atomic E-state index is -0.133. The Balaban J connectivity index is 2.22. The van der Waals surface area contributed by atoms with Crippen molar-refractivity contribution in [1.29, 1.82) is 0 Å². The second kappa shape index (κ2) is 7.62. The molecule has 0 radical (unpaired) electrons. The molecule has 1 aliphatic heterocycles. The van der Waals surface area contributed by atoms with Crippen LogP contribution in [0, 0.1) is 0 Å². The second-order valence-electron chi connectivity index (χ2n) is 5.45. The van der Waals surface area contributed by atoms with Crippen LogP contribution in [0.5, 0.6) is 0 Å². The Bertz CT molecular complexity index is 208. The normalized spacial score (nSPS) is 21.7. The molecule has 1 atom stereocenters. The Morgan fingerprint density at radius 3 is 2.59 bits per heavy atom. The van der Waals surface area contributed by atoms with Crippen molar-refractivity contribution in [2.24, 2.45) is 0 Å². The quantitative estimate of drug-likeness (QED) is 0.736. The van der Waals surface area contributed by atoms with Crippen LogP contribution in [-0.4, -0.2) is 47.5 Å². The number of nitrogens with one attached hydrogen (secondary N) is 1. The van der Waals surface area contributed by atoms with Gasteiger partial charge in [0, 0.05) is 30.0 Å². The van der Waals surface area contributed by atoms with Gasteiger partial charge in [0.15, 0.2) is 0 Å². The first-order valence-electron chi connectivity index (χ1n) is 6.63. The third-order valence-corrected chi connectivity index (χ3v) is 4.54. The van der Waals surface area contributed by atoms with E-state index in [2.05, 4.69) is 26.1 Å². The van der Waals surface area contributed by atoms with Crippen molar-refractivity contribution in [1.82, 2.24) is 5.32 Å². The second-order valence-corrected chi connectivity index (χ2v) is 6.86. The fourth-order valence-corrected chi connectivity index (χ4v) is 3.61. The van der Waals surface area contributed by atoms with Crippen molar-refractivity contribution in [2.75, 3.05) is 25.6 Å². The molecule has 0 amide bonds. The monoisotopic (exact) mass is 261 g/mol. The molecule has 0 spiro atoms. The van der Waals surface area contributed by atoms with Crippen molar-refractivity contribution in [3.63, 3.8) is 0 Å². The summed E-state index contributed by atoms with van der Waals surface area (Å²) in [5.41, 5.74) is -0.133. The molecule has 102 valence electrons. The van der Waals surface area contributed by atoms with E-state index in [9.17, 15) is 5.11 Å². The predicted molar refractivity (Wildman–Crippen MR) is 74.7 cm³/mol. The van der Waals surface area contributed by atoms with E-state index < -0.39 is 0 Å². The molecule has 1 rings (SSSR count). The van der Waals surface area contributed by atoms with Crippen LogP contribution in [0.4, 0.5) is 0 Å². The first-order chi connectivity index (χ1) is 8.06. The molecule has 1 aliphatic rings. The zero-order valence-corrected chi connectivity index (χ0v) is 12.2. The van der Waals surface area contributed by atoms with E-state index in [-0.39, 0.29) is 12.1 Å². The molecule has 0 saturated carbocycles. The first kappa shape index (κ1) is 15.3. The van der Waals surface area contributed by atoms with Gasteiger partial charge in [0.2, 0.25) is 0 Å². The van der Waals surface area contributed by atoms with Crippen molar-refractivity contribution in [3.05, 3.63) is 0 Å². The third-order valence-electron chi connectivity index (χ3n) is 3.16. The minimum absolute atomic E-state index is 0.133. The molecule has 1 unspecified atom stereocenters. The molecule has 0 aromatic heterocycles. The van der Waals surface area contributed by atoms with Gasteiger partial charge in [-0.1, -0.05) is 13.8 Å². The predicted octanol–water partition coefficient (Wildman–Crippen LogP) is 2.04. The fourth-order valence-electron chi connectivity index (χ4n) is 2.19. The number of aliphatic hydroxyl groups excluding tert-OH is 1. The van der Waals surface area contributed by atoms with Crippen molar-refractivity contribution in [3.8, 4) is 0 Å². The Morgan fingerprint density at radius 1 is 1.41 bits per heavy atom. The fraction of sp³-hybridized carbons (Fsp3) is 1.00. The summed E-state index contributed by atoms with van der Waals surface area (Å²) < 4.78 is 5.36. The molecule has 1 fully saturated rings. The lowest BCUT2D eigenvalue weighted by Gasteiger charge is -2.32. The van der Waals surface area contributed by atoms with Crippen molar-refractivity contribution >= 4 is 11.8 Å². The number of aliphatic hydroxyl groups is 1. The van der Waals surface area contributed by atoms with Gasteiger partial charge >= 0.3 is 0 Å². The Hall–Kier alpha value is 0.230. The van der Waals surface area contributed by atoms with E-state index in [0.717, 1.165) is 30.6 Å². The number of hydrogen-bond acceptors (Lipinski definition) is 4. The molecule has 0 aliphatic carbocycles. The van der Waals surface area contributed by atoms with Gasteiger partial charge in [-0.05, 0) is 31.9 Å². The number of hydrogen-bond donors (Lipinski definition) is 2. The van der Waals surface area contributed by atoms with E-state index in [1.54, 1.807) is 0 Å². The number of rotatable bonds is 7. The van der Waals surface area contributed by atoms with Crippen LogP contribution in [0.25, 0.3) is 0 Å². The van der Waals surface area contributed by atoms with Gasteiger partial charge in [-0.3, -0.25) is 0 Å². The summed E-state index contributed by atoms with van der Waals surface area (Å²) in [5.74, 6) is 1.11. The summed E-state index contributed by atoms with van der Waals surface area (Å²) in [6.45, 7) is 8.40. The van der Waals surface area contributed by atoms with Gasteiger partial charge in [0.05, 0.1) is 6.61 Å². The topological polar surface area (TPSA) is 41.5 Å². The molecule has 4 heteroatoms. The van der Waals surface area contributed by atoms with Gasteiger partial charge in [-0.2, -0.15) is 11.8 Å². The van der Waals surface area contributed by atoms with Crippen molar-refractivity contribution in [2.45, 2.75) is 56.9 Å². The average Bonchev–Trinajstić information content (AvgIpc) is 2.29. The van der Waals surface area contributed by atoms with Crippen LogP contribution in [0.1, 0.15) is 40.0 Å². The van der Waals surface area contributed by atoms with Gasteiger partial charge in [-0.15, -0.1) is 0 Å². The molecule has 1 heterocycles. The van der Waals surface area contributed by atoms with Crippen LogP contribution in [0.15, 0.2) is 0 Å². The molecule has 0 aromatic rings. The molecule has 0 aromatic carbocycles. The maximum Gasteiger partial charge on any atom is 0.0610 e. The smallest absolute Gasteiger partial charge is 0.0610 e. The lowest BCUT2D eigenvalue weighted by atomic mass is 9.99. The maximum atomic E-state index is 9.48. The van der Waals surface area contributed by atoms with Gasteiger partial charge in [-0.25, -0.2) is 0 Å². The van der Waals surface area contributed by atoms with Crippen LogP contribution < -0.4 is 5.32 Å². The first-order valence-corrected chi connectivity index (χ1v) is 7.68. The molecule has 0 bridgehead atoms. The zero-order chi connectivity index (χ0) is 12.7. The van der Waals surface area contributed by atoms with E-state index in [0.29, 0.717) is 6.04 Å². The van der Waals surface area contributed by atoms with E-state index in [1.165, 1.54) is 12.8 Å². The van der Waals surface area contributed by atoms with Crippen LogP contribution in [0.3, 0.4) is 0 Å². The highest BCUT2D eigenvalue weighted by atomic mass is 32.2. The molecule has 17 heavy (non-hydrogen) atoms. The van der Waals surface area contributed by atoms with Gasteiger partial charge < -0.3 is 15.2 Å². The largest absolute Gasteiger partial charge is 0.394 e. The summed E-state index contributed by atoms with van der Waals surface area (Å²) in [4.78, 5) is 0. The minimum Gasteiger partial charge on any atom is -0.394 e. The maximum absolute atomic E-state index is 9.48. The Kier molecular flexibility index (Phi) is 6.85. The Morgan fingerprint density at radius 2 is 2.06 bits per heavy atom.